The molecule has 0 fully saturated rings. The van der Waals surface area contributed by atoms with E-state index in [1.807, 2.05) is 44.3 Å². The quantitative estimate of drug-likeness (QED) is 0.906. The van der Waals surface area contributed by atoms with Gasteiger partial charge < -0.3 is 14.8 Å². The summed E-state index contributed by atoms with van der Waals surface area (Å²) in [6.45, 7) is 4.69. The van der Waals surface area contributed by atoms with E-state index in [1.54, 1.807) is 14.2 Å². The van der Waals surface area contributed by atoms with E-state index in [-0.39, 0.29) is 0 Å². The van der Waals surface area contributed by atoms with Gasteiger partial charge >= 0.3 is 0 Å². The second kappa shape index (κ2) is 6.28. The van der Waals surface area contributed by atoms with Crippen LogP contribution in [0.15, 0.2) is 30.5 Å². The van der Waals surface area contributed by atoms with Crippen molar-refractivity contribution in [1.82, 2.24) is 4.98 Å². The Hall–Kier alpha value is -2.23. The van der Waals surface area contributed by atoms with Gasteiger partial charge in [0.15, 0.2) is 0 Å². The summed E-state index contributed by atoms with van der Waals surface area (Å²) >= 11 is 0. The van der Waals surface area contributed by atoms with Gasteiger partial charge in [0.05, 0.1) is 26.5 Å². The minimum Gasteiger partial charge on any atom is -0.497 e. The highest BCUT2D eigenvalue weighted by Crippen LogP contribution is 2.24. The van der Waals surface area contributed by atoms with Crippen LogP contribution in [-0.2, 0) is 6.54 Å². The number of nitrogens with one attached hydrogen (secondary N) is 1. The van der Waals surface area contributed by atoms with Gasteiger partial charge in [-0.05, 0) is 38.1 Å². The van der Waals surface area contributed by atoms with E-state index in [9.17, 15) is 0 Å². The van der Waals surface area contributed by atoms with Crippen molar-refractivity contribution in [3.8, 4) is 11.5 Å². The lowest BCUT2D eigenvalue weighted by Crippen LogP contribution is -2.06. The van der Waals surface area contributed by atoms with Crippen LogP contribution in [-0.4, -0.2) is 19.2 Å². The summed E-state index contributed by atoms with van der Waals surface area (Å²) in [7, 11) is 3.35. The molecule has 20 heavy (non-hydrogen) atoms. The van der Waals surface area contributed by atoms with E-state index in [4.69, 9.17) is 9.47 Å². The molecule has 2 rings (SSSR count). The number of ether oxygens (including phenoxy) is 2. The van der Waals surface area contributed by atoms with Gasteiger partial charge in [0.1, 0.15) is 11.5 Å². The van der Waals surface area contributed by atoms with Gasteiger partial charge in [-0.25, -0.2) is 0 Å². The Morgan fingerprint density at radius 1 is 1.05 bits per heavy atom. The Morgan fingerprint density at radius 2 is 1.75 bits per heavy atom. The number of rotatable bonds is 5. The zero-order valence-corrected chi connectivity index (χ0v) is 12.4. The monoisotopic (exact) mass is 272 g/mol. The topological polar surface area (TPSA) is 43.4 Å². The Balaban J connectivity index is 2.10. The van der Waals surface area contributed by atoms with Crippen molar-refractivity contribution in [1.29, 1.82) is 0 Å². The number of anilines is 1. The number of pyridine rings is 1. The van der Waals surface area contributed by atoms with Gasteiger partial charge in [-0.2, -0.15) is 0 Å². The molecule has 1 aromatic carbocycles. The molecule has 0 aliphatic carbocycles. The molecular weight excluding hydrogens is 252 g/mol. The summed E-state index contributed by atoms with van der Waals surface area (Å²) in [4.78, 5) is 4.47. The highest BCUT2D eigenvalue weighted by molar-refractivity contribution is 5.48. The normalized spacial score (nSPS) is 10.2. The molecule has 1 aromatic heterocycles. The van der Waals surface area contributed by atoms with Crippen molar-refractivity contribution in [3.63, 3.8) is 0 Å². The van der Waals surface area contributed by atoms with Gasteiger partial charge in [-0.3, -0.25) is 4.98 Å². The Morgan fingerprint density at radius 3 is 2.35 bits per heavy atom. The molecule has 0 bridgehead atoms. The first kappa shape index (κ1) is 14.2. The van der Waals surface area contributed by atoms with E-state index in [2.05, 4.69) is 10.3 Å². The zero-order valence-electron chi connectivity index (χ0n) is 12.4. The van der Waals surface area contributed by atoms with Crippen LogP contribution in [0.4, 0.5) is 5.69 Å². The summed E-state index contributed by atoms with van der Waals surface area (Å²) < 4.78 is 10.6. The van der Waals surface area contributed by atoms with E-state index in [0.717, 1.165) is 34.0 Å². The van der Waals surface area contributed by atoms with E-state index in [1.165, 1.54) is 0 Å². The molecule has 106 valence electrons. The van der Waals surface area contributed by atoms with Crippen molar-refractivity contribution in [2.75, 3.05) is 19.5 Å². The first-order chi connectivity index (χ1) is 9.65. The molecule has 0 saturated heterocycles. The van der Waals surface area contributed by atoms with Gasteiger partial charge in [-0.1, -0.05) is 0 Å². The van der Waals surface area contributed by atoms with Crippen molar-refractivity contribution in [2.45, 2.75) is 20.4 Å². The Labute approximate surface area is 119 Å². The SMILES string of the molecule is COc1ccc(NCc2ncc(C)c(OC)c2C)cc1. The molecule has 0 unspecified atom stereocenters. The molecule has 1 N–H and O–H groups in total. The number of hydrogen-bond acceptors (Lipinski definition) is 4. The fourth-order valence-corrected chi connectivity index (χ4v) is 2.14. The number of aromatic nitrogens is 1. The highest BCUT2D eigenvalue weighted by Gasteiger charge is 2.09. The summed E-state index contributed by atoms with van der Waals surface area (Å²) in [6, 6.07) is 7.83. The number of aryl methyl sites for hydroxylation is 1. The smallest absolute Gasteiger partial charge is 0.128 e. The third-order valence-electron chi connectivity index (χ3n) is 3.30. The standard InChI is InChI=1S/C16H20N2O2/c1-11-9-18-15(12(2)16(11)20-4)10-17-13-5-7-14(19-3)8-6-13/h5-9,17H,10H2,1-4H3. The molecule has 2 aromatic rings. The second-order valence-electron chi connectivity index (χ2n) is 4.63. The lowest BCUT2D eigenvalue weighted by atomic mass is 10.1. The number of nitrogens with zero attached hydrogens (tertiary/aromatic N) is 1. The van der Waals surface area contributed by atoms with Crippen molar-refractivity contribution < 1.29 is 9.47 Å². The maximum absolute atomic E-state index is 5.41. The summed E-state index contributed by atoms with van der Waals surface area (Å²) in [5.74, 6) is 1.76. The van der Waals surface area contributed by atoms with Crippen LogP contribution in [0.3, 0.4) is 0 Å². The van der Waals surface area contributed by atoms with Crippen LogP contribution >= 0.6 is 0 Å². The Bertz CT molecular complexity index is 580. The van der Waals surface area contributed by atoms with Crippen molar-refractivity contribution in [2.24, 2.45) is 0 Å². The maximum atomic E-state index is 5.41. The molecule has 0 spiro atoms. The molecule has 1 heterocycles. The molecule has 0 aliphatic heterocycles. The summed E-state index contributed by atoms with van der Waals surface area (Å²) in [5, 5.41) is 3.35. The molecule has 0 radical (unpaired) electrons. The molecule has 0 aliphatic rings. The van der Waals surface area contributed by atoms with Gasteiger partial charge in [0.25, 0.3) is 0 Å². The molecule has 0 saturated carbocycles. The predicted molar refractivity (Wildman–Crippen MR) is 80.6 cm³/mol. The average molecular weight is 272 g/mol. The van der Waals surface area contributed by atoms with Crippen LogP contribution in [0.25, 0.3) is 0 Å². The van der Waals surface area contributed by atoms with Crippen LogP contribution in [0, 0.1) is 13.8 Å². The van der Waals surface area contributed by atoms with Crippen molar-refractivity contribution >= 4 is 5.69 Å². The van der Waals surface area contributed by atoms with Gasteiger partial charge in [-0.15, -0.1) is 0 Å². The number of benzene rings is 1. The summed E-state index contributed by atoms with van der Waals surface area (Å²) in [6.07, 6.45) is 1.84. The van der Waals surface area contributed by atoms with Crippen LogP contribution in [0.5, 0.6) is 11.5 Å². The second-order valence-corrected chi connectivity index (χ2v) is 4.63. The zero-order chi connectivity index (χ0) is 14.5. The largest absolute Gasteiger partial charge is 0.497 e. The van der Waals surface area contributed by atoms with Gasteiger partial charge in [0.2, 0.25) is 0 Å². The third kappa shape index (κ3) is 3.02. The van der Waals surface area contributed by atoms with Gasteiger partial charge in [0, 0.05) is 23.0 Å². The Kier molecular flexibility index (Phi) is 4.45. The highest BCUT2D eigenvalue weighted by atomic mass is 16.5. The molecule has 4 nitrogen and oxygen atoms in total. The molecule has 4 heteroatoms. The minimum atomic E-state index is 0.662. The van der Waals surface area contributed by atoms with Crippen LogP contribution in [0.2, 0.25) is 0 Å². The number of methoxy groups -OCH3 is 2. The lowest BCUT2D eigenvalue weighted by molar-refractivity contribution is 0.407. The first-order valence-corrected chi connectivity index (χ1v) is 6.52. The van der Waals surface area contributed by atoms with E-state index in [0.29, 0.717) is 6.54 Å². The molecule has 0 amide bonds. The fraction of sp³-hybridized carbons (Fsp3) is 0.312. The van der Waals surface area contributed by atoms with Crippen LogP contribution < -0.4 is 14.8 Å². The maximum Gasteiger partial charge on any atom is 0.128 e. The number of hydrogen-bond donors (Lipinski definition) is 1. The fourth-order valence-electron chi connectivity index (χ4n) is 2.14. The van der Waals surface area contributed by atoms with E-state index >= 15 is 0 Å². The molecular formula is C16H20N2O2. The van der Waals surface area contributed by atoms with Crippen LogP contribution in [0.1, 0.15) is 16.8 Å². The predicted octanol–water partition coefficient (Wildman–Crippen LogP) is 3.33. The molecule has 0 atom stereocenters. The lowest BCUT2D eigenvalue weighted by Gasteiger charge is -2.13. The first-order valence-electron chi connectivity index (χ1n) is 6.52. The average Bonchev–Trinajstić information content (AvgIpc) is 2.47. The van der Waals surface area contributed by atoms with Crippen molar-refractivity contribution in [3.05, 3.63) is 47.3 Å². The minimum absolute atomic E-state index is 0.662. The summed E-state index contributed by atoms with van der Waals surface area (Å²) in [5.41, 5.74) is 4.15. The third-order valence-corrected chi connectivity index (χ3v) is 3.30. The van der Waals surface area contributed by atoms with E-state index < -0.39 is 0 Å².